The van der Waals surface area contributed by atoms with E-state index in [0.29, 0.717) is 31.6 Å². The van der Waals surface area contributed by atoms with E-state index in [9.17, 15) is 18.0 Å². The molecule has 0 aromatic heterocycles. The second kappa shape index (κ2) is 7.97. The summed E-state index contributed by atoms with van der Waals surface area (Å²) in [5, 5.41) is 8.96. The highest BCUT2D eigenvalue weighted by atomic mass is 32.2. The second-order valence-corrected chi connectivity index (χ2v) is 8.22. The lowest BCUT2D eigenvalue weighted by Crippen LogP contribution is -2.44. The standard InChI is InChI=1S/C17H23NO6S/c1-12-3-4-13(11-15(12)25(2,22)23)17(21)18(8-5-16(19)20)14-6-9-24-10-7-14/h3-4,11,14H,5-10H2,1-2H3,(H,19,20). The van der Waals surface area contributed by atoms with Gasteiger partial charge in [-0.1, -0.05) is 6.07 Å². The lowest BCUT2D eigenvalue weighted by molar-refractivity contribution is -0.137. The van der Waals surface area contributed by atoms with E-state index in [1.54, 1.807) is 19.1 Å². The number of nitrogens with zero attached hydrogens (tertiary/aromatic N) is 1. The van der Waals surface area contributed by atoms with E-state index >= 15 is 0 Å². The zero-order valence-corrected chi connectivity index (χ0v) is 15.2. The molecule has 1 aliphatic rings. The van der Waals surface area contributed by atoms with Crippen molar-refractivity contribution in [3.05, 3.63) is 29.3 Å². The van der Waals surface area contributed by atoms with Crippen LogP contribution in [0.15, 0.2) is 23.1 Å². The minimum Gasteiger partial charge on any atom is -0.481 e. The van der Waals surface area contributed by atoms with E-state index in [1.807, 2.05) is 0 Å². The molecule has 8 heteroatoms. The van der Waals surface area contributed by atoms with Gasteiger partial charge in [0.2, 0.25) is 0 Å². The van der Waals surface area contributed by atoms with Gasteiger partial charge in [0.25, 0.3) is 5.91 Å². The zero-order valence-electron chi connectivity index (χ0n) is 14.4. The van der Waals surface area contributed by atoms with Crippen LogP contribution in [0.5, 0.6) is 0 Å². The fourth-order valence-electron chi connectivity index (χ4n) is 2.96. The molecule has 25 heavy (non-hydrogen) atoms. The molecule has 1 fully saturated rings. The van der Waals surface area contributed by atoms with Crippen molar-refractivity contribution < 1.29 is 27.9 Å². The minimum atomic E-state index is -3.45. The van der Waals surface area contributed by atoms with Gasteiger partial charge in [-0.2, -0.15) is 0 Å². The number of sulfone groups is 1. The molecule has 0 saturated carbocycles. The summed E-state index contributed by atoms with van der Waals surface area (Å²) < 4.78 is 29.1. The largest absolute Gasteiger partial charge is 0.481 e. The highest BCUT2D eigenvalue weighted by Gasteiger charge is 2.28. The molecule has 1 aromatic carbocycles. The van der Waals surface area contributed by atoms with Crippen molar-refractivity contribution in [1.29, 1.82) is 0 Å². The van der Waals surface area contributed by atoms with Crippen LogP contribution < -0.4 is 0 Å². The van der Waals surface area contributed by atoms with Crippen molar-refractivity contribution in [2.45, 2.75) is 37.1 Å². The van der Waals surface area contributed by atoms with Crippen LogP contribution in [0.2, 0.25) is 0 Å². The highest BCUT2D eigenvalue weighted by molar-refractivity contribution is 7.90. The number of hydrogen-bond acceptors (Lipinski definition) is 5. The summed E-state index contributed by atoms with van der Waals surface area (Å²) in [6.07, 6.45) is 2.21. The Bertz CT molecular complexity index is 752. The van der Waals surface area contributed by atoms with E-state index in [4.69, 9.17) is 9.84 Å². The summed E-state index contributed by atoms with van der Waals surface area (Å²) in [6.45, 7) is 2.79. The summed E-state index contributed by atoms with van der Waals surface area (Å²) in [7, 11) is -3.45. The predicted octanol–water partition coefficient (Wildman–Crippen LogP) is 1.49. The molecule has 1 saturated heterocycles. The molecule has 1 N–H and O–H groups in total. The first kappa shape index (κ1) is 19.4. The van der Waals surface area contributed by atoms with Gasteiger partial charge in [0.1, 0.15) is 0 Å². The fraction of sp³-hybridized carbons (Fsp3) is 0.529. The predicted molar refractivity (Wildman–Crippen MR) is 91.4 cm³/mol. The maximum absolute atomic E-state index is 12.9. The van der Waals surface area contributed by atoms with Crippen LogP contribution >= 0.6 is 0 Å². The number of carboxylic acids is 1. The molecule has 138 valence electrons. The molecule has 2 rings (SSSR count). The summed E-state index contributed by atoms with van der Waals surface area (Å²) in [5.74, 6) is -1.33. The number of hydrogen-bond donors (Lipinski definition) is 1. The average Bonchev–Trinajstić information content (AvgIpc) is 2.55. The second-order valence-electron chi connectivity index (χ2n) is 6.24. The number of carbonyl (C=O) groups is 2. The van der Waals surface area contributed by atoms with Gasteiger partial charge in [-0.05, 0) is 37.5 Å². The monoisotopic (exact) mass is 369 g/mol. The van der Waals surface area contributed by atoms with Crippen LogP contribution in [0.3, 0.4) is 0 Å². The lowest BCUT2D eigenvalue weighted by Gasteiger charge is -2.34. The molecule has 1 amide bonds. The van der Waals surface area contributed by atoms with Crippen molar-refractivity contribution in [2.75, 3.05) is 26.0 Å². The zero-order chi connectivity index (χ0) is 18.6. The number of ether oxygens (including phenoxy) is 1. The molecular formula is C17H23NO6S. The molecule has 0 atom stereocenters. The van der Waals surface area contributed by atoms with Crippen molar-refractivity contribution >= 4 is 21.7 Å². The first-order valence-corrected chi connectivity index (χ1v) is 10.0. The van der Waals surface area contributed by atoms with E-state index in [0.717, 1.165) is 6.26 Å². The third kappa shape index (κ3) is 5.02. The normalized spacial score (nSPS) is 15.8. The molecule has 0 unspecified atom stereocenters. The van der Waals surface area contributed by atoms with Crippen molar-refractivity contribution in [3.8, 4) is 0 Å². The van der Waals surface area contributed by atoms with Crippen LogP contribution in [0, 0.1) is 6.92 Å². The number of aliphatic carboxylic acids is 1. The number of benzene rings is 1. The lowest BCUT2D eigenvalue weighted by atomic mass is 10.0. The quantitative estimate of drug-likeness (QED) is 0.815. The Labute approximate surface area is 147 Å². The SMILES string of the molecule is Cc1ccc(C(=O)N(CCC(=O)O)C2CCOCC2)cc1S(C)(=O)=O. The maximum Gasteiger partial charge on any atom is 0.305 e. The molecule has 7 nitrogen and oxygen atoms in total. The van der Waals surface area contributed by atoms with Gasteiger partial charge in [0.05, 0.1) is 11.3 Å². The van der Waals surface area contributed by atoms with Gasteiger partial charge >= 0.3 is 5.97 Å². The number of rotatable bonds is 6. The molecule has 1 aliphatic heterocycles. The molecule has 0 bridgehead atoms. The Balaban J connectivity index is 2.33. The maximum atomic E-state index is 12.9. The molecule has 0 radical (unpaired) electrons. The summed E-state index contributed by atoms with van der Waals surface area (Å²) in [5.41, 5.74) is 0.824. The van der Waals surface area contributed by atoms with E-state index in [1.165, 1.54) is 11.0 Å². The van der Waals surface area contributed by atoms with Gasteiger partial charge in [0, 0.05) is 37.6 Å². The Hall–Kier alpha value is -1.93. The smallest absolute Gasteiger partial charge is 0.305 e. The van der Waals surface area contributed by atoms with Crippen LogP contribution in [0.25, 0.3) is 0 Å². The van der Waals surface area contributed by atoms with Crippen molar-refractivity contribution in [3.63, 3.8) is 0 Å². The topological polar surface area (TPSA) is 101 Å². The first-order valence-electron chi connectivity index (χ1n) is 8.11. The van der Waals surface area contributed by atoms with Crippen LogP contribution in [0.4, 0.5) is 0 Å². The van der Waals surface area contributed by atoms with Gasteiger partial charge in [-0.25, -0.2) is 8.42 Å². The molecule has 0 spiro atoms. The van der Waals surface area contributed by atoms with E-state index in [2.05, 4.69) is 0 Å². The third-order valence-corrected chi connectivity index (χ3v) is 5.53. The van der Waals surface area contributed by atoms with Gasteiger partial charge < -0.3 is 14.7 Å². The van der Waals surface area contributed by atoms with Crippen molar-refractivity contribution in [1.82, 2.24) is 4.90 Å². The van der Waals surface area contributed by atoms with E-state index in [-0.39, 0.29) is 35.4 Å². The fourth-order valence-corrected chi connectivity index (χ4v) is 3.96. The molecule has 0 aliphatic carbocycles. The van der Waals surface area contributed by atoms with Crippen LogP contribution in [-0.4, -0.2) is 62.4 Å². The minimum absolute atomic E-state index is 0.0842. The Morgan fingerprint density at radius 2 is 1.92 bits per heavy atom. The summed E-state index contributed by atoms with van der Waals surface area (Å²) in [4.78, 5) is 25.5. The summed E-state index contributed by atoms with van der Waals surface area (Å²) >= 11 is 0. The highest BCUT2D eigenvalue weighted by Crippen LogP contribution is 2.22. The Kier molecular flexibility index (Phi) is 6.18. The Morgan fingerprint density at radius 3 is 2.48 bits per heavy atom. The van der Waals surface area contributed by atoms with Crippen molar-refractivity contribution in [2.24, 2.45) is 0 Å². The number of aryl methyl sites for hydroxylation is 1. The van der Waals surface area contributed by atoms with Gasteiger partial charge in [0.15, 0.2) is 9.84 Å². The average molecular weight is 369 g/mol. The molecular weight excluding hydrogens is 346 g/mol. The van der Waals surface area contributed by atoms with Gasteiger partial charge in [-0.15, -0.1) is 0 Å². The number of carboxylic acid groups (broad SMARTS) is 1. The van der Waals surface area contributed by atoms with E-state index < -0.39 is 15.8 Å². The third-order valence-electron chi connectivity index (χ3n) is 4.29. The summed E-state index contributed by atoms with van der Waals surface area (Å²) in [6, 6.07) is 4.45. The Morgan fingerprint density at radius 1 is 1.28 bits per heavy atom. The number of amides is 1. The van der Waals surface area contributed by atoms with Crippen LogP contribution in [0.1, 0.15) is 35.2 Å². The molecule has 1 heterocycles. The molecule has 1 aromatic rings. The number of carbonyl (C=O) groups excluding carboxylic acids is 1. The van der Waals surface area contributed by atoms with Gasteiger partial charge in [-0.3, -0.25) is 9.59 Å². The first-order chi connectivity index (χ1) is 11.7. The van der Waals surface area contributed by atoms with Crippen LogP contribution in [-0.2, 0) is 19.4 Å².